The molecule has 1 aromatic carbocycles. The number of amides is 1. The lowest BCUT2D eigenvalue weighted by Gasteiger charge is -2.12. The molecule has 0 bridgehead atoms. The van der Waals surface area contributed by atoms with Crippen molar-refractivity contribution >= 4 is 27.3 Å². The number of pyridine rings is 1. The number of sulfonamides is 1. The maximum atomic E-state index is 12.5. The molecule has 0 aliphatic heterocycles. The van der Waals surface area contributed by atoms with E-state index in [1.807, 2.05) is 6.07 Å². The topological polar surface area (TPSA) is 101 Å². The zero-order chi connectivity index (χ0) is 21.9. The molecule has 0 aliphatic rings. The third-order valence-electron chi connectivity index (χ3n) is 4.57. The molecule has 8 nitrogen and oxygen atoms in total. The highest BCUT2D eigenvalue weighted by atomic mass is 32.2. The molecule has 2 aromatic heterocycles. The van der Waals surface area contributed by atoms with Gasteiger partial charge in [-0.3, -0.25) is 19.1 Å². The van der Waals surface area contributed by atoms with Gasteiger partial charge in [0.25, 0.3) is 5.91 Å². The van der Waals surface area contributed by atoms with Crippen molar-refractivity contribution in [1.29, 1.82) is 0 Å². The maximum Gasteiger partial charge on any atom is 0.308 e. The Morgan fingerprint density at radius 2 is 1.87 bits per heavy atom. The summed E-state index contributed by atoms with van der Waals surface area (Å²) in [6.07, 6.45) is 3.32. The minimum atomic E-state index is -3.51. The Labute approximate surface area is 178 Å². The molecule has 0 saturated heterocycles. The van der Waals surface area contributed by atoms with Gasteiger partial charge < -0.3 is 5.32 Å². The number of benzene rings is 1. The van der Waals surface area contributed by atoms with Crippen LogP contribution >= 0.6 is 11.3 Å². The van der Waals surface area contributed by atoms with Crippen molar-refractivity contribution in [2.75, 3.05) is 14.1 Å². The minimum absolute atomic E-state index is 0.182. The average Bonchev–Trinajstić information content (AvgIpc) is 3.01. The van der Waals surface area contributed by atoms with Gasteiger partial charge >= 0.3 is 4.87 Å². The molecule has 30 heavy (non-hydrogen) atoms. The normalized spacial score (nSPS) is 11.6. The highest BCUT2D eigenvalue weighted by Gasteiger charge is 2.19. The van der Waals surface area contributed by atoms with Crippen molar-refractivity contribution in [3.8, 4) is 0 Å². The van der Waals surface area contributed by atoms with Gasteiger partial charge in [-0.05, 0) is 36.2 Å². The Morgan fingerprint density at radius 3 is 2.47 bits per heavy atom. The molecule has 0 atom stereocenters. The molecule has 0 radical (unpaired) electrons. The summed E-state index contributed by atoms with van der Waals surface area (Å²) >= 11 is 0.892. The van der Waals surface area contributed by atoms with Crippen molar-refractivity contribution in [1.82, 2.24) is 19.2 Å². The summed E-state index contributed by atoms with van der Waals surface area (Å²) in [5.74, 6) is -0.315. The molecule has 0 aliphatic carbocycles. The quantitative estimate of drug-likeness (QED) is 0.597. The Kier molecular flexibility index (Phi) is 6.49. The van der Waals surface area contributed by atoms with E-state index in [2.05, 4.69) is 10.3 Å². The first-order chi connectivity index (χ1) is 14.2. The van der Waals surface area contributed by atoms with Gasteiger partial charge in [-0.1, -0.05) is 29.5 Å². The van der Waals surface area contributed by atoms with E-state index in [0.29, 0.717) is 17.1 Å². The van der Waals surface area contributed by atoms with Crippen molar-refractivity contribution in [3.05, 3.63) is 80.2 Å². The zero-order valence-corrected chi connectivity index (χ0v) is 18.5. The van der Waals surface area contributed by atoms with Gasteiger partial charge in [0.05, 0.1) is 11.4 Å². The van der Waals surface area contributed by atoms with Crippen LogP contribution in [0.3, 0.4) is 0 Å². The predicted molar refractivity (Wildman–Crippen MR) is 115 cm³/mol. The Balaban J connectivity index is 1.76. The molecule has 0 unspecified atom stereocenters. The van der Waals surface area contributed by atoms with Crippen LogP contribution in [0, 0.1) is 6.92 Å². The lowest BCUT2D eigenvalue weighted by atomic mass is 10.2. The number of rotatable bonds is 7. The van der Waals surface area contributed by atoms with E-state index in [1.54, 1.807) is 37.5 Å². The fourth-order valence-electron chi connectivity index (χ4n) is 2.80. The monoisotopic (exact) mass is 446 g/mol. The number of carbonyl (C=O) groups is 1. The zero-order valence-electron chi connectivity index (χ0n) is 16.8. The molecule has 0 saturated carbocycles. The van der Waals surface area contributed by atoms with Gasteiger partial charge in [0, 0.05) is 38.7 Å². The molecular weight excluding hydrogens is 424 g/mol. The van der Waals surface area contributed by atoms with Crippen LogP contribution in [0.1, 0.15) is 26.5 Å². The van der Waals surface area contributed by atoms with Crippen LogP contribution in [0.4, 0.5) is 0 Å². The average molecular weight is 447 g/mol. The first-order valence-electron chi connectivity index (χ1n) is 9.09. The summed E-state index contributed by atoms with van der Waals surface area (Å²) in [5, 5.41) is 2.80. The van der Waals surface area contributed by atoms with E-state index < -0.39 is 10.0 Å². The van der Waals surface area contributed by atoms with Crippen molar-refractivity contribution < 1.29 is 13.2 Å². The molecule has 1 amide bonds. The Hall–Kier alpha value is -2.82. The summed E-state index contributed by atoms with van der Waals surface area (Å²) in [6.45, 7) is 2.29. The summed E-state index contributed by atoms with van der Waals surface area (Å²) in [6, 6.07) is 10.0. The van der Waals surface area contributed by atoms with Crippen LogP contribution in [0.25, 0.3) is 0 Å². The van der Waals surface area contributed by atoms with Gasteiger partial charge in [-0.15, -0.1) is 0 Å². The molecule has 10 heteroatoms. The van der Waals surface area contributed by atoms with Crippen LogP contribution in [-0.4, -0.2) is 42.3 Å². The second-order valence-electron chi connectivity index (χ2n) is 6.84. The highest BCUT2D eigenvalue weighted by Crippen LogP contribution is 2.17. The lowest BCUT2D eigenvalue weighted by Crippen LogP contribution is -2.23. The third-order valence-corrected chi connectivity index (χ3v) is 7.48. The smallest absolute Gasteiger partial charge is 0.308 e. The number of thiazole rings is 1. The fraction of sp³-hybridized carbons (Fsp3) is 0.250. The van der Waals surface area contributed by atoms with Gasteiger partial charge in [0.15, 0.2) is 0 Å². The van der Waals surface area contributed by atoms with E-state index in [4.69, 9.17) is 0 Å². The van der Waals surface area contributed by atoms with Crippen molar-refractivity contribution in [2.24, 2.45) is 0 Å². The van der Waals surface area contributed by atoms with Crippen LogP contribution in [0.15, 0.2) is 58.5 Å². The number of hydrogen-bond acceptors (Lipinski definition) is 6. The molecule has 2 heterocycles. The molecule has 0 fully saturated rings. The molecule has 0 spiro atoms. The highest BCUT2D eigenvalue weighted by molar-refractivity contribution is 7.89. The largest absolute Gasteiger partial charge is 0.347 e. The maximum absolute atomic E-state index is 12.5. The number of carbonyl (C=O) groups excluding carboxylic acids is 1. The van der Waals surface area contributed by atoms with Gasteiger partial charge in [0.1, 0.15) is 4.88 Å². The van der Waals surface area contributed by atoms with Crippen LogP contribution in [0.2, 0.25) is 0 Å². The molecule has 1 N–H and O–H groups in total. The van der Waals surface area contributed by atoms with Crippen LogP contribution in [0.5, 0.6) is 0 Å². The van der Waals surface area contributed by atoms with Crippen molar-refractivity contribution in [3.63, 3.8) is 0 Å². The Bertz CT molecular complexity index is 1200. The van der Waals surface area contributed by atoms with Crippen molar-refractivity contribution in [2.45, 2.75) is 24.9 Å². The first kappa shape index (κ1) is 21.9. The summed E-state index contributed by atoms with van der Waals surface area (Å²) in [5.41, 5.74) is 2.19. The summed E-state index contributed by atoms with van der Waals surface area (Å²) in [4.78, 5) is 29.3. The molecular formula is C20H22N4O4S2. The number of hydrogen-bond donors (Lipinski definition) is 1. The number of nitrogens with zero attached hydrogens (tertiary/aromatic N) is 3. The second-order valence-corrected chi connectivity index (χ2v) is 9.96. The molecule has 3 aromatic rings. The summed E-state index contributed by atoms with van der Waals surface area (Å²) in [7, 11) is -0.568. The van der Waals surface area contributed by atoms with Crippen LogP contribution < -0.4 is 10.2 Å². The van der Waals surface area contributed by atoms with E-state index in [0.717, 1.165) is 26.8 Å². The van der Waals surface area contributed by atoms with Gasteiger partial charge in [-0.2, -0.15) is 0 Å². The van der Waals surface area contributed by atoms with E-state index in [-0.39, 0.29) is 22.2 Å². The summed E-state index contributed by atoms with van der Waals surface area (Å²) < 4.78 is 27.0. The lowest BCUT2D eigenvalue weighted by molar-refractivity contribution is 0.0954. The Morgan fingerprint density at radius 1 is 1.17 bits per heavy atom. The second kappa shape index (κ2) is 8.90. The number of aromatic nitrogens is 2. The van der Waals surface area contributed by atoms with Gasteiger partial charge in [0.2, 0.25) is 10.0 Å². The SMILES string of the molecule is Cc1c(C(=O)NCc2cccnc2)sc(=O)n1Cc1ccc(S(=O)(=O)N(C)C)cc1. The van der Waals surface area contributed by atoms with Gasteiger partial charge in [-0.25, -0.2) is 12.7 Å². The van der Waals surface area contributed by atoms with E-state index in [1.165, 1.54) is 30.8 Å². The minimum Gasteiger partial charge on any atom is -0.347 e. The first-order valence-corrected chi connectivity index (χ1v) is 11.3. The molecule has 3 rings (SSSR count). The van der Waals surface area contributed by atoms with E-state index in [9.17, 15) is 18.0 Å². The van der Waals surface area contributed by atoms with Crippen LogP contribution in [-0.2, 0) is 23.1 Å². The molecule has 158 valence electrons. The predicted octanol–water partition coefficient (Wildman–Crippen LogP) is 1.84. The number of nitrogens with one attached hydrogen (secondary N) is 1. The van der Waals surface area contributed by atoms with E-state index >= 15 is 0 Å². The third kappa shape index (κ3) is 4.66. The standard InChI is InChI=1S/C20H22N4O4S2/c1-14-18(19(25)22-12-16-5-4-10-21-11-16)29-20(26)24(14)13-15-6-8-17(9-7-15)30(27,28)23(2)3/h4-11H,12-13H2,1-3H3,(H,22,25). The fourth-order valence-corrected chi connectivity index (χ4v) is 4.61.